The fourth-order valence-corrected chi connectivity index (χ4v) is 7.16. The van der Waals surface area contributed by atoms with Gasteiger partial charge in [-0.25, -0.2) is 4.79 Å². The fourth-order valence-electron chi connectivity index (χ4n) is 7.16. The number of nitrogens with zero attached hydrogens (tertiary/aromatic N) is 1. The lowest BCUT2D eigenvalue weighted by molar-refractivity contribution is -0.161. The van der Waals surface area contributed by atoms with E-state index in [2.05, 4.69) is 0 Å². The summed E-state index contributed by atoms with van der Waals surface area (Å²) in [5.41, 5.74) is -0.776. The molecule has 3 aliphatic carbocycles. The Morgan fingerprint density at radius 2 is 1.92 bits per heavy atom. The lowest BCUT2D eigenvalue weighted by Crippen LogP contribution is -2.57. The maximum Gasteiger partial charge on any atom is 0.340 e. The number of Topliss-reactive ketones (excluding diaryl/α,β-unsaturated/α-hetero) is 1. The summed E-state index contributed by atoms with van der Waals surface area (Å²) < 4.78 is 22.6. The van der Waals surface area contributed by atoms with Crippen molar-refractivity contribution in [3.8, 4) is 0 Å². The predicted octanol–water partition coefficient (Wildman–Crippen LogP) is 1.58. The average molecular weight is 518 g/mol. The number of hydrogen-bond donors (Lipinski definition) is 2. The molecule has 202 valence electrons. The lowest BCUT2D eigenvalue weighted by Gasteiger charge is -2.54. The van der Waals surface area contributed by atoms with Crippen LogP contribution in [0.1, 0.15) is 40.0 Å². The first kappa shape index (κ1) is 25.9. The largest absolute Gasteiger partial charge is 0.504 e. The van der Waals surface area contributed by atoms with Gasteiger partial charge in [0.1, 0.15) is 12.2 Å². The Morgan fingerprint density at radius 3 is 2.57 bits per heavy atom. The van der Waals surface area contributed by atoms with Gasteiger partial charge in [-0.2, -0.15) is 0 Å². The third-order valence-electron chi connectivity index (χ3n) is 9.01. The van der Waals surface area contributed by atoms with Gasteiger partial charge in [-0.15, -0.1) is 0 Å². The summed E-state index contributed by atoms with van der Waals surface area (Å²) in [6.07, 6.45) is 0.570. The zero-order valence-electron chi connectivity index (χ0n) is 21.7. The van der Waals surface area contributed by atoms with E-state index in [1.807, 2.05) is 18.7 Å². The van der Waals surface area contributed by atoms with E-state index in [9.17, 15) is 24.6 Å². The number of cyclic esters (lactones) is 1. The molecule has 10 nitrogen and oxygen atoms in total. The molecule has 2 heterocycles. The molecule has 2 saturated heterocycles. The van der Waals surface area contributed by atoms with E-state index in [4.69, 9.17) is 18.9 Å². The van der Waals surface area contributed by atoms with Crippen LogP contribution in [0.2, 0.25) is 0 Å². The van der Waals surface area contributed by atoms with Crippen molar-refractivity contribution in [2.45, 2.75) is 58.3 Å². The molecule has 2 aliphatic heterocycles. The van der Waals surface area contributed by atoms with Crippen LogP contribution in [0.5, 0.6) is 0 Å². The van der Waals surface area contributed by atoms with Gasteiger partial charge in [0.25, 0.3) is 0 Å². The molecule has 0 aromatic carbocycles. The Labute approximate surface area is 215 Å². The number of carbonyl (C=O) groups excluding carboxylic acids is 3. The van der Waals surface area contributed by atoms with Crippen molar-refractivity contribution in [1.82, 2.24) is 4.90 Å². The number of methoxy groups -OCH3 is 1. The minimum absolute atomic E-state index is 0.00613. The van der Waals surface area contributed by atoms with Crippen LogP contribution in [0.15, 0.2) is 34.3 Å². The molecule has 3 fully saturated rings. The van der Waals surface area contributed by atoms with Gasteiger partial charge in [0, 0.05) is 49.9 Å². The molecule has 6 atom stereocenters. The number of allylic oxidation sites excluding steroid dienone is 1. The molecule has 5 aliphatic rings. The highest BCUT2D eigenvalue weighted by molar-refractivity contribution is 6.13. The molecule has 0 spiro atoms. The first-order chi connectivity index (χ1) is 17.5. The van der Waals surface area contributed by atoms with Gasteiger partial charge in [-0.1, -0.05) is 6.92 Å². The maximum atomic E-state index is 14.0. The summed E-state index contributed by atoms with van der Waals surface area (Å²) in [4.78, 5) is 41.4. The second-order valence-corrected chi connectivity index (χ2v) is 11.1. The van der Waals surface area contributed by atoms with Crippen LogP contribution in [0, 0.1) is 16.7 Å². The Bertz CT molecular complexity index is 1120. The Balaban J connectivity index is 1.74. The van der Waals surface area contributed by atoms with Crippen molar-refractivity contribution >= 4 is 17.7 Å². The number of aliphatic hydroxyl groups is 2. The third-order valence-corrected chi connectivity index (χ3v) is 9.01. The molecule has 0 radical (unpaired) electrons. The van der Waals surface area contributed by atoms with Crippen molar-refractivity contribution in [3.05, 3.63) is 34.3 Å². The van der Waals surface area contributed by atoms with E-state index in [-0.39, 0.29) is 23.7 Å². The number of hydrogen-bond acceptors (Lipinski definition) is 10. The molecule has 0 bridgehead atoms. The molecule has 0 amide bonds. The number of fused-ring (bicyclic) bond motifs is 4. The van der Waals surface area contributed by atoms with E-state index < -0.39 is 52.6 Å². The van der Waals surface area contributed by atoms with Gasteiger partial charge in [0.05, 0.1) is 36.9 Å². The molecule has 0 unspecified atom stereocenters. The smallest absolute Gasteiger partial charge is 0.340 e. The summed E-state index contributed by atoms with van der Waals surface area (Å²) in [5, 5.41) is 22.4. The van der Waals surface area contributed by atoms with Gasteiger partial charge < -0.3 is 34.1 Å². The van der Waals surface area contributed by atoms with Gasteiger partial charge in [-0.3, -0.25) is 9.59 Å². The number of ether oxygens (including phenoxy) is 4. The van der Waals surface area contributed by atoms with Crippen molar-refractivity contribution in [2.24, 2.45) is 16.7 Å². The zero-order chi connectivity index (χ0) is 26.7. The molecule has 0 aromatic heterocycles. The SMILES string of the molecule is COC[C@H]1OC(=O)/C(=C/N2CCOCC2)C2=C(O)C(=O)C3=C([C@H](OC(C)=O)C[C@]4(C)[C@@H](O)CC[C@@H]34)[C@]21C. The zero-order valence-corrected chi connectivity index (χ0v) is 21.7. The molecule has 5 rings (SSSR count). The Kier molecular flexibility index (Phi) is 6.49. The minimum atomic E-state index is -1.20. The van der Waals surface area contributed by atoms with Crippen molar-refractivity contribution in [2.75, 3.05) is 40.0 Å². The van der Waals surface area contributed by atoms with E-state index in [0.717, 1.165) is 0 Å². The monoisotopic (exact) mass is 517 g/mol. The van der Waals surface area contributed by atoms with E-state index in [1.54, 1.807) is 6.20 Å². The van der Waals surface area contributed by atoms with Gasteiger partial charge >= 0.3 is 11.9 Å². The number of rotatable bonds is 4. The molecular formula is C27H35NO9. The summed E-state index contributed by atoms with van der Waals surface area (Å²) in [5.74, 6) is -2.63. The summed E-state index contributed by atoms with van der Waals surface area (Å²) in [6, 6.07) is 0. The van der Waals surface area contributed by atoms with Crippen molar-refractivity contribution < 1.29 is 43.5 Å². The number of esters is 2. The average Bonchev–Trinajstić information content (AvgIpc) is 3.14. The van der Waals surface area contributed by atoms with E-state index in [1.165, 1.54) is 14.0 Å². The van der Waals surface area contributed by atoms with Crippen molar-refractivity contribution in [1.29, 1.82) is 0 Å². The van der Waals surface area contributed by atoms with Crippen molar-refractivity contribution in [3.63, 3.8) is 0 Å². The Hall–Kier alpha value is -2.69. The maximum absolute atomic E-state index is 14.0. The number of ketones is 1. The number of aliphatic hydroxyl groups excluding tert-OH is 2. The van der Waals surface area contributed by atoms with Crippen LogP contribution in [0.3, 0.4) is 0 Å². The predicted molar refractivity (Wildman–Crippen MR) is 129 cm³/mol. The molecule has 0 aromatic rings. The molecule has 1 saturated carbocycles. The van der Waals surface area contributed by atoms with Gasteiger partial charge in [0.15, 0.2) is 5.76 Å². The first-order valence-corrected chi connectivity index (χ1v) is 12.9. The highest BCUT2D eigenvalue weighted by Crippen LogP contribution is 2.63. The van der Waals surface area contributed by atoms with Gasteiger partial charge in [0.2, 0.25) is 5.78 Å². The second kappa shape index (κ2) is 9.25. The summed E-state index contributed by atoms with van der Waals surface area (Å²) in [7, 11) is 1.48. The van der Waals surface area contributed by atoms with Crippen LogP contribution in [0.4, 0.5) is 0 Å². The van der Waals surface area contributed by atoms with E-state index >= 15 is 0 Å². The Morgan fingerprint density at radius 1 is 1.22 bits per heavy atom. The normalized spacial score (nSPS) is 38.8. The van der Waals surface area contributed by atoms with Crippen LogP contribution < -0.4 is 0 Å². The first-order valence-electron chi connectivity index (χ1n) is 12.9. The number of morpholine rings is 1. The highest BCUT2D eigenvalue weighted by Gasteiger charge is 2.64. The van der Waals surface area contributed by atoms with E-state index in [0.29, 0.717) is 56.7 Å². The highest BCUT2D eigenvalue weighted by atomic mass is 16.6. The van der Waals surface area contributed by atoms with Crippen LogP contribution in [0.25, 0.3) is 0 Å². The number of carbonyl (C=O) groups is 3. The molecule has 2 N–H and O–H groups in total. The molecule has 10 heteroatoms. The van der Waals surface area contributed by atoms with Gasteiger partial charge in [-0.05, 0) is 37.7 Å². The quantitative estimate of drug-likeness (QED) is 0.418. The van der Waals surface area contributed by atoms with Crippen LogP contribution >= 0.6 is 0 Å². The second-order valence-electron chi connectivity index (χ2n) is 11.1. The summed E-state index contributed by atoms with van der Waals surface area (Å²) in [6.45, 7) is 7.08. The molecule has 37 heavy (non-hydrogen) atoms. The topological polar surface area (TPSA) is 132 Å². The van der Waals surface area contributed by atoms with Crippen LogP contribution in [-0.2, 0) is 33.3 Å². The lowest BCUT2D eigenvalue weighted by atomic mass is 9.53. The standard InChI is InChI=1S/C27H35NO9/c1-14(29)36-17-11-26(2)16(5-6-18(26)30)20-22(17)27(3)19(13-34-4)37-25(33)15(21(27)24(32)23(20)31)12-28-7-9-35-10-8-28/h12,16-19,30,32H,5-11,13H2,1-4H3/b15-12+/t16-,17+,18-,19+,26-,27-/m0/s1. The molecular weight excluding hydrogens is 482 g/mol. The summed E-state index contributed by atoms with van der Waals surface area (Å²) >= 11 is 0. The minimum Gasteiger partial charge on any atom is -0.504 e. The van der Waals surface area contributed by atoms with Crippen LogP contribution in [-0.4, -0.2) is 91.2 Å². The third kappa shape index (κ3) is 3.83. The fraction of sp³-hybridized carbons (Fsp3) is 0.667.